The minimum absolute atomic E-state index is 0.0301. The van der Waals surface area contributed by atoms with Crippen LogP contribution in [0, 0.1) is 5.41 Å². The summed E-state index contributed by atoms with van der Waals surface area (Å²) in [4.78, 5) is 24.0. The highest BCUT2D eigenvalue weighted by molar-refractivity contribution is 6.30. The Morgan fingerprint density at radius 2 is 1.82 bits per heavy atom. The molecule has 28 heavy (non-hydrogen) atoms. The standard InChI is InChI=1S/C16H22ClNO2.C4H8O2.C2H6/c1-18-10-3-8-16(9-11-18,15(19)20-2)12-13-4-6-14(17)7-5-13;1-4(2)6-3-5;1-2/h4-7H,3,8-12H2,1-2H3;3-4H,1-2H3;1-2H3. The van der Waals surface area contributed by atoms with Gasteiger partial charge in [-0.15, -0.1) is 0 Å². The highest BCUT2D eigenvalue weighted by Gasteiger charge is 2.40. The van der Waals surface area contributed by atoms with E-state index in [-0.39, 0.29) is 12.1 Å². The molecule has 1 aliphatic rings. The average molecular weight is 414 g/mol. The molecule has 0 amide bonds. The number of ether oxygens (including phenoxy) is 2. The molecule has 160 valence electrons. The highest BCUT2D eigenvalue weighted by Crippen LogP contribution is 2.36. The molecule has 0 spiro atoms. The Bertz CT molecular complexity index is 562. The van der Waals surface area contributed by atoms with Gasteiger partial charge in [0, 0.05) is 5.02 Å². The summed E-state index contributed by atoms with van der Waals surface area (Å²) >= 11 is 5.93. The molecule has 1 heterocycles. The first-order chi connectivity index (χ1) is 13.3. The van der Waals surface area contributed by atoms with E-state index in [1.54, 1.807) is 13.8 Å². The van der Waals surface area contributed by atoms with Gasteiger partial charge in [-0.3, -0.25) is 9.59 Å². The van der Waals surface area contributed by atoms with E-state index >= 15 is 0 Å². The molecular weight excluding hydrogens is 378 g/mol. The van der Waals surface area contributed by atoms with E-state index in [0.29, 0.717) is 6.47 Å². The fourth-order valence-electron chi connectivity index (χ4n) is 3.10. The Hall–Kier alpha value is -1.59. The summed E-state index contributed by atoms with van der Waals surface area (Å²) in [5.41, 5.74) is 0.747. The van der Waals surface area contributed by atoms with E-state index in [4.69, 9.17) is 16.3 Å². The molecule has 1 aromatic carbocycles. The SMILES string of the molecule is CC.CC(C)OC=O.COC(=O)C1(Cc2ccc(Cl)cc2)CCCN(C)CC1. The lowest BCUT2D eigenvalue weighted by Gasteiger charge is -2.30. The van der Waals surface area contributed by atoms with Gasteiger partial charge < -0.3 is 14.4 Å². The maximum atomic E-state index is 12.4. The van der Waals surface area contributed by atoms with Crippen molar-refractivity contribution >= 4 is 24.0 Å². The van der Waals surface area contributed by atoms with Crippen LogP contribution >= 0.6 is 11.6 Å². The van der Waals surface area contributed by atoms with Gasteiger partial charge in [0.1, 0.15) is 0 Å². The Morgan fingerprint density at radius 1 is 1.21 bits per heavy atom. The van der Waals surface area contributed by atoms with Gasteiger partial charge >= 0.3 is 5.97 Å². The summed E-state index contributed by atoms with van der Waals surface area (Å²) in [5.74, 6) is -0.0808. The van der Waals surface area contributed by atoms with E-state index in [1.807, 2.05) is 38.1 Å². The zero-order valence-corrected chi connectivity index (χ0v) is 18.9. The second kappa shape index (κ2) is 14.4. The van der Waals surface area contributed by atoms with Crippen molar-refractivity contribution in [2.45, 2.75) is 59.5 Å². The van der Waals surface area contributed by atoms with Gasteiger partial charge in [-0.2, -0.15) is 0 Å². The second-order valence-corrected chi connectivity index (χ2v) is 7.45. The van der Waals surface area contributed by atoms with Crippen LogP contribution in [0.3, 0.4) is 0 Å². The Balaban J connectivity index is 0.000000780. The molecule has 1 saturated heterocycles. The largest absolute Gasteiger partial charge is 0.469 e. The van der Waals surface area contributed by atoms with E-state index in [0.717, 1.165) is 49.4 Å². The van der Waals surface area contributed by atoms with Crippen molar-refractivity contribution in [2.24, 2.45) is 5.41 Å². The third-order valence-electron chi connectivity index (χ3n) is 4.57. The number of carbonyl (C=O) groups is 2. The number of esters is 1. The maximum absolute atomic E-state index is 12.4. The van der Waals surface area contributed by atoms with Crippen LogP contribution in [-0.4, -0.2) is 50.7 Å². The van der Waals surface area contributed by atoms with Crippen LogP contribution in [0.4, 0.5) is 0 Å². The van der Waals surface area contributed by atoms with Crippen LogP contribution in [0.1, 0.15) is 52.5 Å². The van der Waals surface area contributed by atoms with E-state index in [2.05, 4.69) is 16.7 Å². The molecule has 5 nitrogen and oxygen atoms in total. The molecule has 0 aromatic heterocycles. The van der Waals surface area contributed by atoms with Crippen LogP contribution in [0.15, 0.2) is 24.3 Å². The summed E-state index contributed by atoms with van der Waals surface area (Å²) in [6, 6.07) is 7.76. The van der Waals surface area contributed by atoms with Crippen molar-refractivity contribution in [3.8, 4) is 0 Å². The first-order valence-corrected chi connectivity index (χ1v) is 10.3. The van der Waals surface area contributed by atoms with Gasteiger partial charge in [0.2, 0.25) is 0 Å². The molecular formula is C22H36ClNO4. The van der Waals surface area contributed by atoms with E-state index in [9.17, 15) is 9.59 Å². The molecule has 2 rings (SSSR count). The lowest BCUT2D eigenvalue weighted by molar-refractivity contribution is -0.153. The number of nitrogens with zero attached hydrogens (tertiary/aromatic N) is 1. The molecule has 1 aliphatic heterocycles. The number of benzene rings is 1. The van der Waals surface area contributed by atoms with Crippen LogP contribution in [-0.2, 0) is 25.5 Å². The minimum Gasteiger partial charge on any atom is -0.469 e. The number of hydrogen-bond donors (Lipinski definition) is 0. The highest BCUT2D eigenvalue weighted by atomic mass is 35.5. The summed E-state index contributed by atoms with van der Waals surface area (Å²) in [5, 5.41) is 0.724. The fourth-order valence-corrected chi connectivity index (χ4v) is 3.23. The topological polar surface area (TPSA) is 55.8 Å². The molecule has 1 unspecified atom stereocenters. The van der Waals surface area contributed by atoms with Crippen LogP contribution in [0.2, 0.25) is 5.02 Å². The van der Waals surface area contributed by atoms with Gasteiger partial charge in [0.05, 0.1) is 18.6 Å². The minimum atomic E-state index is -0.395. The number of hydrogen-bond acceptors (Lipinski definition) is 5. The van der Waals surface area contributed by atoms with Crippen LogP contribution < -0.4 is 0 Å². The van der Waals surface area contributed by atoms with E-state index in [1.165, 1.54) is 7.11 Å². The van der Waals surface area contributed by atoms with Crippen LogP contribution in [0.5, 0.6) is 0 Å². The molecule has 0 radical (unpaired) electrons. The predicted molar refractivity (Wildman–Crippen MR) is 115 cm³/mol. The normalized spacial score (nSPS) is 19.3. The maximum Gasteiger partial charge on any atom is 0.312 e. The smallest absolute Gasteiger partial charge is 0.312 e. The average Bonchev–Trinajstić information content (AvgIpc) is 2.87. The van der Waals surface area contributed by atoms with Gasteiger partial charge in [-0.1, -0.05) is 37.6 Å². The Morgan fingerprint density at radius 3 is 2.29 bits per heavy atom. The van der Waals surface area contributed by atoms with Gasteiger partial charge in [0.15, 0.2) is 0 Å². The molecule has 0 bridgehead atoms. The van der Waals surface area contributed by atoms with Crippen LogP contribution in [0.25, 0.3) is 0 Å². The summed E-state index contributed by atoms with van der Waals surface area (Å²) in [6.07, 6.45) is 3.51. The molecule has 6 heteroatoms. The van der Waals surface area contributed by atoms with E-state index < -0.39 is 5.41 Å². The lowest BCUT2D eigenvalue weighted by Crippen LogP contribution is -2.35. The van der Waals surface area contributed by atoms with Crippen molar-refractivity contribution in [2.75, 3.05) is 27.2 Å². The number of rotatable bonds is 5. The molecule has 1 fully saturated rings. The van der Waals surface area contributed by atoms with Gasteiger partial charge in [-0.05, 0) is 77.4 Å². The molecule has 1 aromatic rings. The number of carbonyl (C=O) groups excluding carboxylic acids is 2. The van der Waals surface area contributed by atoms with Crippen molar-refractivity contribution in [1.29, 1.82) is 0 Å². The second-order valence-electron chi connectivity index (χ2n) is 7.01. The number of likely N-dealkylation sites (tertiary alicyclic amines) is 1. The zero-order valence-electron chi connectivity index (χ0n) is 18.2. The monoisotopic (exact) mass is 413 g/mol. The summed E-state index contributed by atoms with van der Waals surface area (Å²) < 4.78 is 9.46. The molecule has 0 aliphatic carbocycles. The molecule has 1 atom stereocenters. The predicted octanol–water partition coefficient (Wildman–Crippen LogP) is 4.75. The van der Waals surface area contributed by atoms with Crippen molar-refractivity contribution in [3.05, 3.63) is 34.9 Å². The summed E-state index contributed by atoms with van der Waals surface area (Å²) in [6.45, 7) is 10.0. The van der Waals surface area contributed by atoms with Crippen molar-refractivity contribution < 1.29 is 19.1 Å². The van der Waals surface area contributed by atoms with Gasteiger partial charge in [-0.25, -0.2) is 0 Å². The Kier molecular flexibility index (Phi) is 13.6. The quantitative estimate of drug-likeness (QED) is 0.515. The van der Waals surface area contributed by atoms with Crippen molar-refractivity contribution in [3.63, 3.8) is 0 Å². The first kappa shape index (κ1) is 26.4. The fraction of sp³-hybridized carbons (Fsp3) is 0.636. The lowest BCUT2D eigenvalue weighted by atomic mass is 9.75. The number of halogens is 1. The van der Waals surface area contributed by atoms with Crippen molar-refractivity contribution in [1.82, 2.24) is 4.90 Å². The first-order valence-electron chi connectivity index (χ1n) is 9.93. The summed E-state index contributed by atoms with van der Waals surface area (Å²) in [7, 11) is 3.59. The molecule has 0 N–H and O–H groups in total. The van der Waals surface area contributed by atoms with Gasteiger partial charge in [0.25, 0.3) is 6.47 Å². The Labute approximate surface area is 175 Å². The number of methoxy groups -OCH3 is 1. The third-order valence-corrected chi connectivity index (χ3v) is 4.82. The third kappa shape index (κ3) is 9.56. The molecule has 0 saturated carbocycles. The zero-order chi connectivity index (χ0) is 21.6.